The van der Waals surface area contributed by atoms with E-state index in [9.17, 15) is 4.79 Å². The normalized spacial score (nSPS) is 15.2. The van der Waals surface area contributed by atoms with Crippen LogP contribution in [0.15, 0.2) is 30.5 Å². The molecule has 0 saturated heterocycles. The van der Waals surface area contributed by atoms with E-state index in [-0.39, 0.29) is 5.78 Å². The fourth-order valence-electron chi connectivity index (χ4n) is 2.43. The molecule has 1 aliphatic carbocycles. The van der Waals surface area contributed by atoms with Crippen LogP contribution in [0.2, 0.25) is 0 Å². The average Bonchev–Trinajstić information content (AvgIpc) is 2.68. The van der Waals surface area contributed by atoms with Crippen molar-refractivity contribution in [2.75, 3.05) is 5.73 Å². The molecular weight excluding hydrogens is 238 g/mol. The average molecular weight is 255 g/mol. The number of anilines is 1. The molecule has 1 fully saturated rings. The van der Waals surface area contributed by atoms with Gasteiger partial charge in [-0.2, -0.15) is 5.10 Å². The molecule has 0 unspecified atom stereocenters. The maximum absolute atomic E-state index is 12.3. The van der Waals surface area contributed by atoms with Crippen LogP contribution in [0.25, 0.3) is 0 Å². The summed E-state index contributed by atoms with van der Waals surface area (Å²) in [6.07, 6.45) is 5.38. The Kier molecular flexibility index (Phi) is 2.85. The third-order valence-corrected chi connectivity index (χ3v) is 3.98. The van der Waals surface area contributed by atoms with Gasteiger partial charge in [-0.1, -0.05) is 30.7 Å². The smallest absolute Gasteiger partial charge is 0.198 e. The summed E-state index contributed by atoms with van der Waals surface area (Å²) in [5.41, 5.74) is 8.30. The lowest BCUT2D eigenvalue weighted by Gasteiger charge is -2.25. The summed E-state index contributed by atoms with van der Waals surface area (Å²) in [6.45, 7) is 0. The van der Waals surface area contributed by atoms with Crippen LogP contribution in [0.5, 0.6) is 0 Å². The zero-order valence-electron chi connectivity index (χ0n) is 11.0. The number of ketones is 1. The number of benzene rings is 1. The molecule has 98 valence electrons. The van der Waals surface area contributed by atoms with Crippen LogP contribution in [0.1, 0.15) is 46.7 Å². The number of rotatable bonds is 3. The minimum Gasteiger partial charge on any atom is -0.383 e. The molecule has 1 aromatic carbocycles. The second-order valence-corrected chi connectivity index (χ2v) is 5.15. The molecule has 1 aliphatic rings. The van der Waals surface area contributed by atoms with Gasteiger partial charge in [0.25, 0.3) is 0 Å². The Morgan fingerprint density at radius 3 is 2.47 bits per heavy atom. The highest BCUT2D eigenvalue weighted by molar-refractivity contribution is 6.11. The molecule has 4 nitrogen and oxygen atoms in total. The fraction of sp³-hybridized carbons (Fsp3) is 0.333. The molecule has 0 amide bonds. The Bertz CT molecular complexity index is 609. The molecule has 2 N–H and O–H groups in total. The molecule has 19 heavy (non-hydrogen) atoms. The van der Waals surface area contributed by atoms with Crippen molar-refractivity contribution in [3.63, 3.8) is 0 Å². The largest absolute Gasteiger partial charge is 0.383 e. The van der Waals surface area contributed by atoms with Gasteiger partial charge >= 0.3 is 0 Å². The van der Waals surface area contributed by atoms with Crippen molar-refractivity contribution in [2.24, 2.45) is 7.05 Å². The van der Waals surface area contributed by atoms with Gasteiger partial charge in [0, 0.05) is 12.6 Å². The second-order valence-electron chi connectivity index (χ2n) is 5.15. The molecule has 4 heteroatoms. The molecule has 0 bridgehead atoms. The lowest BCUT2D eigenvalue weighted by Crippen LogP contribution is -2.09. The van der Waals surface area contributed by atoms with Gasteiger partial charge < -0.3 is 5.73 Å². The molecule has 0 atom stereocenters. The maximum atomic E-state index is 12.3. The highest BCUT2D eigenvalue weighted by atomic mass is 16.1. The van der Waals surface area contributed by atoms with Crippen LogP contribution in [0, 0.1) is 0 Å². The molecule has 1 saturated carbocycles. The number of carbonyl (C=O) groups is 1. The molecule has 0 radical (unpaired) electrons. The van der Waals surface area contributed by atoms with Crippen molar-refractivity contribution < 1.29 is 4.79 Å². The highest BCUT2D eigenvalue weighted by Gasteiger charge is 2.20. The van der Waals surface area contributed by atoms with Crippen LogP contribution in [-0.2, 0) is 7.05 Å². The van der Waals surface area contributed by atoms with Crippen LogP contribution in [-0.4, -0.2) is 15.6 Å². The Hall–Kier alpha value is -2.10. The van der Waals surface area contributed by atoms with Gasteiger partial charge in [-0.05, 0) is 24.3 Å². The number of nitrogens with two attached hydrogens (primary N) is 1. The summed E-state index contributed by atoms with van der Waals surface area (Å²) < 4.78 is 1.51. The van der Waals surface area contributed by atoms with Gasteiger partial charge in [0.2, 0.25) is 0 Å². The SMILES string of the molecule is Cn1ncc(C(=O)c2ccc(C3CCC3)cc2)c1N. The number of aromatic nitrogens is 2. The predicted molar refractivity (Wildman–Crippen MR) is 74.1 cm³/mol. The number of hydrogen-bond acceptors (Lipinski definition) is 3. The van der Waals surface area contributed by atoms with E-state index in [4.69, 9.17) is 5.73 Å². The van der Waals surface area contributed by atoms with E-state index in [0.717, 1.165) is 0 Å². The first kappa shape index (κ1) is 12.0. The van der Waals surface area contributed by atoms with Crippen molar-refractivity contribution >= 4 is 11.6 Å². The quantitative estimate of drug-likeness (QED) is 0.857. The second kappa shape index (κ2) is 4.53. The van der Waals surface area contributed by atoms with Gasteiger partial charge in [0.15, 0.2) is 5.78 Å². The third-order valence-electron chi connectivity index (χ3n) is 3.98. The van der Waals surface area contributed by atoms with E-state index in [1.807, 2.05) is 12.1 Å². The van der Waals surface area contributed by atoms with Crippen molar-refractivity contribution in [1.82, 2.24) is 9.78 Å². The fourth-order valence-corrected chi connectivity index (χ4v) is 2.43. The molecular formula is C15H17N3O. The van der Waals surface area contributed by atoms with Gasteiger partial charge in [-0.25, -0.2) is 0 Å². The zero-order chi connectivity index (χ0) is 13.4. The Labute approximate surface area is 112 Å². The van der Waals surface area contributed by atoms with Crippen molar-refractivity contribution in [3.8, 4) is 0 Å². The summed E-state index contributed by atoms with van der Waals surface area (Å²) in [5, 5.41) is 4.00. The minimum absolute atomic E-state index is 0.0641. The van der Waals surface area contributed by atoms with Gasteiger partial charge in [0.1, 0.15) is 5.82 Å². The number of aryl methyl sites for hydroxylation is 1. The lowest BCUT2D eigenvalue weighted by atomic mass is 9.80. The van der Waals surface area contributed by atoms with Crippen LogP contribution in [0.4, 0.5) is 5.82 Å². The monoisotopic (exact) mass is 255 g/mol. The summed E-state index contributed by atoms with van der Waals surface area (Å²) in [4.78, 5) is 12.3. The molecule has 1 heterocycles. The first-order valence-corrected chi connectivity index (χ1v) is 6.59. The maximum Gasteiger partial charge on any atom is 0.198 e. The number of hydrogen-bond donors (Lipinski definition) is 1. The summed E-state index contributed by atoms with van der Waals surface area (Å²) in [5.74, 6) is 1.03. The summed E-state index contributed by atoms with van der Waals surface area (Å²) in [6, 6.07) is 7.90. The van der Waals surface area contributed by atoms with E-state index < -0.39 is 0 Å². The lowest BCUT2D eigenvalue weighted by molar-refractivity contribution is 0.103. The molecule has 3 rings (SSSR count). The Morgan fingerprint density at radius 1 is 1.32 bits per heavy atom. The molecule has 0 spiro atoms. The van der Waals surface area contributed by atoms with Gasteiger partial charge in [-0.3, -0.25) is 9.48 Å². The van der Waals surface area contributed by atoms with Crippen molar-refractivity contribution in [1.29, 1.82) is 0 Å². The predicted octanol–water partition coefficient (Wildman–Crippen LogP) is 2.50. The third kappa shape index (κ3) is 2.03. The molecule has 2 aromatic rings. The summed E-state index contributed by atoms with van der Waals surface area (Å²) in [7, 11) is 1.73. The zero-order valence-corrected chi connectivity index (χ0v) is 11.0. The van der Waals surface area contributed by atoms with Crippen molar-refractivity contribution in [2.45, 2.75) is 25.2 Å². The first-order chi connectivity index (χ1) is 9.16. The standard InChI is InChI=1S/C15H17N3O/c1-18-15(16)13(9-17-18)14(19)12-7-5-11(6-8-12)10-3-2-4-10/h5-10H,2-4,16H2,1H3. The number of nitrogens with zero attached hydrogens (tertiary/aromatic N) is 2. The Morgan fingerprint density at radius 2 is 2.00 bits per heavy atom. The summed E-state index contributed by atoms with van der Waals surface area (Å²) >= 11 is 0. The van der Waals surface area contributed by atoms with Gasteiger partial charge in [-0.15, -0.1) is 0 Å². The van der Waals surface area contributed by atoms with E-state index in [2.05, 4.69) is 17.2 Å². The van der Waals surface area contributed by atoms with E-state index in [1.54, 1.807) is 7.05 Å². The van der Waals surface area contributed by atoms with Gasteiger partial charge in [0.05, 0.1) is 11.8 Å². The minimum atomic E-state index is -0.0641. The number of nitrogen functional groups attached to an aromatic ring is 1. The van der Waals surface area contributed by atoms with E-state index in [1.165, 1.54) is 35.7 Å². The number of carbonyl (C=O) groups excluding carboxylic acids is 1. The first-order valence-electron chi connectivity index (χ1n) is 6.59. The van der Waals surface area contributed by atoms with Crippen molar-refractivity contribution in [3.05, 3.63) is 47.2 Å². The highest BCUT2D eigenvalue weighted by Crippen LogP contribution is 2.36. The topological polar surface area (TPSA) is 60.9 Å². The van der Waals surface area contributed by atoms with Crippen LogP contribution < -0.4 is 5.73 Å². The molecule has 0 aliphatic heterocycles. The van der Waals surface area contributed by atoms with Crippen LogP contribution in [0.3, 0.4) is 0 Å². The van der Waals surface area contributed by atoms with E-state index in [0.29, 0.717) is 22.9 Å². The van der Waals surface area contributed by atoms with E-state index >= 15 is 0 Å². The van der Waals surface area contributed by atoms with Crippen LogP contribution >= 0.6 is 0 Å². The molecule has 1 aromatic heterocycles. The Balaban J connectivity index is 1.85.